The van der Waals surface area contributed by atoms with Crippen LogP contribution in [0.1, 0.15) is 5.56 Å². The minimum absolute atomic E-state index is 0.129. The maximum absolute atomic E-state index is 11.4. The Hall–Kier alpha value is -2.69. The number of rotatable bonds is 2. The van der Waals surface area contributed by atoms with Gasteiger partial charge in [0.05, 0.1) is 17.6 Å². The number of benzene rings is 1. The van der Waals surface area contributed by atoms with Gasteiger partial charge >= 0.3 is 0 Å². The zero-order valence-electron chi connectivity index (χ0n) is 11.3. The third-order valence-corrected chi connectivity index (χ3v) is 3.14. The van der Waals surface area contributed by atoms with Gasteiger partial charge in [-0.2, -0.15) is 10.2 Å². The summed E-state index contributed by atoms with van der Waals surface area (Å²) >= 11 is 0. The average Bonchev–Trinajstić information content (AvgIpc) is 2.92. The second kappa shape index (κ2) is 4.77. The van der Waals surface area contributed by atoms with Gasteiger partial charge in [-0.25, -0.2) is 9.36 Å². The molecule has 1 aromatic carbocycles. The molecule has 5 nitrogen and oxygen atoms in total. The van der Waals surface area contributed by atoms with Crippen molar-refractivity contribution in [1.82, 2.24) is 19.6 Å². The van der Waals surface area contributed by atoms with Crippen LogP contribution in [-0.2, 0) is 7.05 Å². The molecule has 20 heavy (non-hydrogen) atoms. The summed E-state index contributed by atoms with van der Waals surface area (Å²) < 4.78 is 3.13. The Morgan fingerprint density at radius 3 is 2.45 bits per heavy atom. The molecule has 3 aromatic rings. The van der Waals surface area contributed by atoms with E-state index in [9.17, 15) is 4.79 Å². The molecule has 0 bridgehead atoms. The largest absolute Gasteiger partial charge is 0.268 e. The van der Waals surface area contributed by atoms with Crippen molar-refractivity contribution < 1.29 is 0 Å². The fourth-order valence-corrected chi connectivity index (χ4v) is 2.03. The van der Waals surface area contributed by atoms with E-state index >= 15 is 0 Å². The van der Waals surface area contributed by atoms with Crippen LogP contribution < -0.4 is 5.56 Å². The molecule has 3 rings (SSSR count). The minimum Gasteiger partial charge on any atom is -0.268 e. The van der Waals surface area contributed by atoms with Crippen molar-refractivity contribution in [3.8, 4) is 17.1 Å². The van der Waals surface area contributed by atoms with E-state index in [1.165, 1.54) is 16.3 Å². The summed E-state index contributed by atoms with van der Waals surface area (Å²) in [7, 11) is 1.64. The first kappa shape index (κ1) is 12.3. The number of hydrogen-bond acceptors (Lipinski definition) is 3. The van der Waals surface area contributed by atoms with Crippen molar-refractivity contribution in [1.29, 1.82) is 0 Å². The second-order valence-corrected chi connectivity index (χ2v) is 4.64. The molecule has 0 aliphatic carbocycles. The lowest BCUT2D eigenvalue weighted by Gasteiger charge is -2.08. The minimum atomic E-state index is -0.129. The van der Waals surface area contributed by atoms with E-state index in [1.807, 2.05) is 41.9 Å². The summed E-state index contributed by atoms with van der Waals surface area (Å²) in [5, 5.41) is 8.60. The molecule has 0 saturated heterocycles. The van der Waals surface area contributed by atoms with Gasteiger partial charge in [0, 0.05) is 13.1 Å². The molecule has 2 aromatic heterocycles. The third-order valence-electron chi connectivity index (χ3n) is 3.14. The van der Waals surface area contributed by atoms with Crippen LogP contribution in [0.3, 0.4) is 0 Å². The Bertz CT molecular complexity index is 799. The van der Waals surface area contributed by atoms with Crippen molar-refractivity contribution in [2.45, 2.75) is 6.92 Å². The second-order valence-electron chi connectivity index (χ2n) is 4.64. The molecule has 0 radical (unpaired) electrons. The van der Waals surface area contributed by atoms with Crippen LogP contribution in [0.15, 0.2) is 53.5 Å². The SMILES string of the molecule is Cc1ccc(-n2nccc2-c2ccc(=O)n(C)n2)cc1. The van der Waals surface area contributed by atoms with E-state index in [0.717, 1.165) is 11.4 Å². The summed E-state index contributed by atoms with van der Waals surface area (Å²) in [6.07, 6.45) is 1.72. The van der Waals surface area contributed by atoms with Crippen molar-refractivity contribution in [2.75, 3.05) is 0 Å². The molecule has 0 N–H and O–H groups in total. The lowest BCUT2D eigenvalue weighted by atomic mass is 10.2. The first-order valence-corrected chi connectivity index (χ1v) is 6.31. The number of aryl methyl sites for hydroxylation is 2. The van der Waals surface area contributed by atoms with Gasteiger partial charge in [-0.3, -0.25) is 4.79 Å². The number of hydrogen-bond donors (Lipinski definition) is 0. The number of aromatic nitrogens is 4. The molecule has 100 valence electrons. The standard InChI is InChI=1S/C15H14N4O/c1-11-3-5-12(6-4-11)19-14(9-10-16-19)13-7-8-15(20)18(2)17-13/h3-10H,1-2H3. The first-order valence-electron chi connectivity index (χ1n) is 6.31. The summed E-state index contributed by atoms with van der Waals surface area (Å²) in [5.74, 6) is 0. The van der Waals surface area contributed by atoms with Crippen LogP contribution in [0.25, 0.3) is 17.1 Å². The fourth-order valence-electron chi connectivity index (χ4n) is 2.03. The normalized spacial score (nSPS) is 10.7. The van der Waals surface area contributed by atoms with Gasteiger partial charge in [0.15, 0.2) is 0 Å². The van der Waals surface area contributed by atoms with Gasteiger partial charge in [-0.1, -0.05) is 17.7 Å². The average molecular weight is 266 g/mol. The molecular weight excluding hydrogens is 252 g/mol. The zero-order chi connectivity index (χ0) is 14.1. The van der Waals surface area contributed by atoms with Crippen LogP contribution >= 0.6 is 0 Å². The van der Waals surface area contributed by atoms with Crippen LogP contribution in [0.5, 0.6) is 0 Å². The highest BCUT2D eigenvalue weighted by Gasteiger charge is 2.09. The molecule has 0 unspecified atom stereocenters. The van der Waals surface area contributed by atoms with Gasteiger partial charge in [0.1, 0.15) is 5.69 Å². The molecule has 0 amide bonds. The lowest BCUT2D eigenvalue weighted by Crippen LogP contribution is -2.18. The molecule has 0 fully saturated rings. The van der Waals surface area contributed by atoms with E-state index in [0.29, 0.717) is 5.69 Å². The molecule has 0 spiro atoms. The van der Waals surface area contributed by atoms with Crippen molar-refractivity contribution in [3.63, 3.8) is 0 Å². The molecule has 0 saturated carbocycles. The summed E-state index contributed by atoms with van der Waals surface area (Å²) in [6.45, 7) is 2.04. The van der Waals surface area contributed by atoms with Gasteiger partial charge in [0.25, 0.3) is 5.56 Å². The van der Waals surface area contributed by atoms with E-state index in [1.54, 1.807) is 19.3 Å². The Labute approximate surface area is 116 Å². The molecule has 2 heterocycles. The Balaban J connectivity index is 2.12. The quantitative estimate of drug-likeness (QED) is 0.712. The highest BCUT2D eigenvalue weighted by atomic mass is 16.1. The Morgan fingerprint density at radius 2 is 1.75 bits per heavy atom. The van der Waals surface area contributed by atoms with Gasteiger partial charge in [0.2, 0.25) is 0 Å². The van der Waals surface area contributed by atoms with Crippen molar-refractivity contribution in [2.24, 2.45) is 7.05 Å². The van der Waals surface area contributed by atoms with Gasteiger partial charge < -0.3 is 0 Å². The third kappa shape index (κ3) is 2.14. The monoisotopic (exact) mass is 266 g/mol. The molecule has 5 heteroatoms. The highest BCUT2D eigenvalue weighted by Crippen LogP contribution is 2.19. The maximum Gasteiger partial charge on any atom is 0.266 e. The van der Waals surface area contributed by atoms with Crippen molar-refractivity contribution in [3.05, 3.63) is 64.6 Å². The summed E-state index contributed by atoms with van der Waals surface area (Å²) in [6, 6.07) is 13.2. The molecule has 0 aliphatic rings. The molecule has 0 atom stereocenters. The topological polar surface area (TPSA) is 52.7 Å². The maximum atomic E-state index is 11.4. The van der Waals surface area contributed by atoms with Crippen LogP contribution in [0, 0.1) is 6.92 Å². The molecule has 0 aliphatic heterocycles. The van der Waals surface area contributed by atoms with Crippen LogP contribution in [0.2, 0.25) is 0 Å². The smallest absolute Gasteiger partial charge is 0.266 e. The molecular formula is C15H14N4O. The van der Waals surface area contributed by atoms with Crippen LogP contribution in [0.4, 0.5) is 0 Å². The summed E-state index contributed by atoms with van der Waals surface area (Å²) in [4.78, 5) is 11.4. The predicted octanol–water partition coefficient (Wildman–Crippen LogP) is 1.94. The van der Waals surface area contributed by atoms with Crippen LogP contribution in [-0.4, -0.2) is 19.6 Å². The Morgan fingerprint density at radius 1 is 1.00 bits per heavy atom. The Kier molecular flexibility index (Phi) is 2.95. The first-order chi connectivity index (χ1) is 9.65. The number of nitrogens with zero attached hydrogens (tertiary/aromatic N) is 4. The fraction of sp³-hybridized carbons (Fsp3) is 0.133. The van der Waals surface area contributed by atoms with Gasteiger partial charge in [-0.05, 0) is 31.2 Å². The van der Waals surface area contributed by atoms with E-state index in [2.05, 4.69) is 10.2 Å². The van der Waals surface area contributed by atoms with E-state index in [-0.39, 0.29) is 5.56 Å². The highest BCUT2D eigenvalue weighted by molar-refractivity contribution is 5.56. The van der Waals surface area contributed by atoms with Gasteiger partial charge in [-0.15, -0.1) is 0 Å². The predicted molar refractivity (Wildman–Crippen MR) is 76.8 cm³/mol. The van der Waals surface area contributed by atoms with Crippen molar-refractivity contribution >= 4 is 0 Å². The summed E-state index contributed by atoms with van der Waals surface area (Å²) in [5.41, 5.74) is 3.60. The van der Waals surface area contributed by atoms with E-state index in [4.69, 9.17) is 0 Å². The lowest BCUT2D eigenvalue weighted by molar-refractivity contribution is 0.708. The zero-order valence-corrected chi connectivity index (χ0v) is 11.3. The van der Waals surface area contributed by atoms with E-state index < -0.39 is 0 Å².